The fourth-order valence-corrected chi connectivity index (χ4v) is 2.45. The van der Waals surface area contributed by atoms with Crippen LogP contribution in [-0.4, -0.2) is 65.2 Å². The van der Waals surface area contributed by atoms with Gasteiger partial charge in [-0.3, -0.25) is 4.79 Å². The second-order valence-electron chi connectivity index (χ2n) is 4.98. The van der Waals surface area contributed by atoms with Crippen LogP contribution in [0.2, 0.25) is 0 Å². The monoisotopic (exact) mass is 279 g/mol. The van der Waals surface area contributed by atoms with E-state index in [2.05, 4.69) is 4.90 Å². The van der Waals surface area contributed by atoms with Crippen LogP contribution in [0.4, 0.5) is 0 Å². The summed E-state index contributed by atoms with van der Waals surface area (Å²) in [5.74, 6) is -0.366. The highest BCUT2D eigenvalue weighted by atomic mass is 16.3. The zero-order valence-corrected chi connectivity index (χ0v) is 11.5. The first-order chi connectivity index (χ1) is 9.61. The molecule has 6 heteroatoms. The average molecular weight is 279 g/mol. The van der Waals surface area contributed by atoms with E-state index in [1.54, 1.807) is 4.90 Å². The molecule has 1 heterocycles. The molecular formula is C14H21N3O3. The van der Waals surface area contributed by atoms with Gasteiger partial charge < -0.3 is 25.7 Å². The molecule has 1 fully saturated rings. The van der Waals surface area contributed by atoms with Crippen molar-refractivity contribution in [2.45, 2.75) is 6.42 Å². The highest BCUT2D eigenvalue weighted by Crippen LogP contribution is 2.24. The summed E-state index contributed by atoms with van der Waals surface area (Å²) in [6, 6.07) is 4.00. The number of benzene rings is 1. The number of phenolic OH excluding ortho intramolecular Hbond substituents is 2. The van der Waals surface area contributed by atoms with Crippen molar-refractivity contribution in [3.05, 3.63) is 23.8 Å². The molecule has 6 nitrogen and oxygen atoms in total. The van der Waals surface area contributed by atoms with Gasteiger partial charge in [0.05, 0.1) is 5.56 Å². The van der Waals surface area contributed by atoms with Gasteiger partial charge in [-0.2, -0.15) is 0 Å². The zero-order valence-electron chi connectivity index (χ0n) is 11.5. The van der Waals surface area contributed by atoms with Gasteiger partial charge in [-0.25, -0.2) is 0 Å². The highest BCUT2D eigenvalue weighted by molar-refractivity contribution is 5.97. The van der Waals surface area contributed by atoms with Crippen LogP contribution in [0.1, 0.15) is 16.8 Å². The first-order valence-electron chi connectivity index (χ1n) is 6.85. The fraction of sp³-hybridized carbons (Fsp3) is 0.500. The van der Waals surface area contributed by atoms with E-state index in [1.807, 2.05) is 0 Å². The summed E-state index contributed by atoms with van der Waals surface area (Å²) < 4.78 is 0. The predicted molar refractivity (Wildman–Crippen MR) is 75.8 cm³/mol. The minimum absolute atomic E-state index is 0.0225. The molecule has 1 aromatic carbocycles. The SMILES string of the molecule is NCCN1CCCN(C(=O)c2cc(O)ccc2O)CC1. The third-order valence-corrected chi connectivity index (χ3v) is 3.53. The molecule has 0 saturated carbocycles. The van der Waals surface area contributed by atoms with Gasteiger partial charge in [0, 0.05) is 32.7 Å². The molecule has 1 saturated heterocycles. The largest absolute Gasteiger partial charge is 0.508 e. The Hall–Kier alpha value is -1.79. The second-order valence-corrected chi connectivity index (χ2v) is 4.98. The summed E-state index contributed by atoms with van der Waals surface area (Å²) in [7, 11) is 0. The van der Waals surface area contributed by atoms with Crippen molar-refractivity contribution >= 4 is 5.91 Å². The van der Waals surface area contributed by atoms with Gasteiger partial charge in [0.1, 0.15) is 11.5 Å². The Labute approximate surface area is 118 Å². The van der Waals surface area contributed by atoms with Crippen LogP contribution in [-0.2, 0) is 0 Å². The summed E-state index contributed by atoms with van der Waals surface area (Å²) in [5, 5.41) is 19.2. The molecule has 2 rings (SSSR count). The summed E-state index contributed by atoms with van der Waals surface area (Å²) in [5.41, 5.74) is 5.70. The van der Waals surface area contributed by atoms with Crippen LogP contribution in [0.25, 0.3) is 0 Å². The van der Waals surface area contributed by atoms with Gasteiger partial charge in [-0.1, -0.05) is 0 Å². The van der Waals surface area contributed by atoms with Crippen molar-refractivity contribution in [2.24, 2.45) is 5.73 Å². The van der Waals surface area contributed by atoms with Crippen molar-refractivity contribution in [1.82, 2.24) is 9.80 Å². The second kappa shape index (κ2) is 6.58. The molecule has 1 aliphatic rings. The van der Waals surface area contributed by atoms with Crippen LogP contribution in [0, 0.1) is 0 Å². The van der Waals surface area contributed by atoms with Crippen LogP contribution in [0.15, 0.2) is 18.2 Å². The van der Waals surface area contributed by atoms with E-state index < -0.39 is 0 Å². The number of nitrogens with zero attached hydrogens (tertiary/aromatic N) is 2. The Balaban J connectivity index is 2.07. The molecule has 0 atom stereocenters. The van der Waals surface area contributed by atoms with E-state index in [0.29, 0.717) is 19.6 Å². The molecule has 110 valence electrons. The quantitative estimate of drug-likeness (QED) is 0.688. The summed E-state index contributed by atoms with van der Waals surface area (Å²) in [4.78, 5) is 16.3. The van der Waals surface area contributed by atoms with Crippen LogP contribution >= 0.6 is 0 Å². The number of amides is 1. The fourth-order valence-electron chi connectivity index (χ4n) is 2.45. The van der Waals surface area contributed by atoms with Crippen molar-refractivity contribution in [3.8, 4) is 11.5 Å². The first-order valence-corrected chi connectivity index (χ1v) is 6.85. The number of aromatic hydroxyl groups is 2. The Kier molecular flexibility index (Phi) is 4.81. The topological polar surface area (TPSA) is 90.0 Å². The maximum Gasteiger partial charge on any atom is 0.257 e. The van der Waals surface area contributed by atoms with Gasteiger partial charge in [0.25, 0.3) is 5.91 Å². The lowest BCUT2D eigenvalue weighted by molar-refractivity contribution is 0.0758. The third kappa shape index (κ3) is 3.40. The smallest absolute Gasteiger partial charge is 0.257 e. The molecular weight excluding hydrogens is 258 g/mol. The standard InChI is InChI=1S/C14H21N3O3/c15-4-7-16-5-1-6-17(9-8-16)14(20)12-10-11(18)2-3-13(12)19/h2-3,10,18-19H,1,4-9,15H2. The molecule has 20 heavy (non-hydrogen) atoms. The van der Waals surface area contributed by atoms with Gasteiger partial charge in [0.2, 0.25) is 0 Å². The van der Waals surface area contributed by atoms with Gasteiger partial charge in [-0.05, 0) is 31.2 Å². The minimum Gasteiger partial charge on any atom is -0.508 e. The Morgan fingerprint density at radius 2 is 2.00 bits per heavy atom. The Bertz CT molecular complexity index is 479. The first kappa shape index (κ1) is 14.6. The number of hydrogen-bond donors (Lipinski definition) is 3. The maximum atomic E-state index is 12.4. The molecule has 1 amide bonds. The number of rotatable bonds is 3. The molecule has 0 aliphatic carbocycles. The van der Waals surface area contributed by atoms with Crippen molar-refractivity contribution in [2.75, 3.05) is 39.3 Å². The lowest BCUT2D eigenvalue weighted by Gasteiger charge is -2.22. The third-order valence-electron chi connectivity index (χ3n) is 3.53. The summed E-state index contributed by atoms with van der Waals surface area (Å²) >= 11 is 0. The van der Waals surface area contributed by atoms with Crippen molar-refractivity contribution in [3.63, 3.8) is 0 Å². The summed E-state index contributed by atoms with van der Waals surface area (Å²) in [6.45, 7) is 4.40. The Morgan fingerprint density at radius 3 is 2.75 bits per heavy atom. The highest BCUT2D eigenvalue weighted by Gasteiger charge is 2.22. The average Bonchev–Trinajstić information content (AvgIpc) is 2.67. The van der Waals surface area contributed by atoms with E-state index in [1.165, 1.54) is 18.2 Å². The molecule has 0 radical (unpaired) electrons. The van der Waals surface area contributed by atoms with Gasteiger partial charge in [0.15, 0.2) is 0 Å². The predicted octanol–water partition coefficient (Wildman–Crippen LogP) is 0.204. The van der Waals surface area contributed by atoms with E-state index >= 15 is 0 Å². The summed E-state index contributed by atoms with van der Waals surface area (Å²) in [6.07, 6.45) is 0.880. The number of nitrogens with two attached hydrogens (primary N) is 1. The molecule has 0 aromatic heterocycles. The van der Waals surface area contributed by atoms with Gasteiger partial charge >= 0.3 is 0 Å². The maximum absolute atomic E-state index is 12.4. The van der Waals surface area contributed by atoms with Crippen molar-refractivity contribution in [1.29, 1.82) is 0 Å². The molecule has 1 aromatic rings. The van der Waals surface area contributed by atoms with Gasteiger partial charge in [-0.15, -0.1) is 0 Å². The van der Waals surface area contributed by atoms with E-state index in [4.69, 9.17) is 5.73 Å². The number of carbonyl (C=O) groups is 1. The van der Waals surface area contributed by atoms with Crippen LogP contribution in [0.3, 0.4) is 0 Å². The molecule has 1 aliphatic heterocycles. The zero-order chi connectivity index (χ0) is 14.5. The lowest BCUT2D eigenvalue weighted by atomic mass is 10.1. The van der Waals surface area contributed by atoms with E-state index in [9.17, 15) is 15.0 Å². The van der Waals surface area contributed by atoms with Crippen LogP contribution < -0.4 is 5.73 Å². The minimum atomic E-state index is -0.243. The lowest BCUT2D eigenvalue weighted by Crippen LogP contribution is -2.36. The molecule has 0 unspecified atom stereocenters. The molecule has 0 bridgehead atoms. The van der Waals surface area contributed by atoms with Crippen LogP contribution in [0.5, 0.6) is 11.5 Å². The molecule has 4 N–H and O–H groups in total. The normalized spacial score (nSPS) is 16.9. The molecule has 0 spiro atoms. The number of phenols is 2. The van der Waals surface area contributed by atoms with Crippen molar-refractivity contribution < 1.29 is 15.0 Å². The van der Waals surface area contributed by atoms with E-state index in [-0.39, 0.29) is 23.0 Å². The Morgan fingerprint density at radius 1 is 1.20 bits per heavy atom. The number of carbonyl (C=O) groups excluding carboxylic acids is 1. The number of hydrogen-bond acceptors (Lipinski definition) is 5. The van der Waals surface area contributed by atoms with E-state index in [0.717, 1.165) is 26.1 Å².